The van der Waals surface area contributed by atoms with Crippen molar-refractivity contribution >= 4 is 17.7 Å². The Morgan fingerprint density at radius 1 is 1.08 bits per heavy atom. The number of aryl methyl sites for hydroxylation is 1. The molecule has 2 heterocycles. The molecule has 3 N–H and O–H groups in total. The molecule has 1 aliphatic carbocycles. The van der Waals surface area contributed by atoms with Crippen molar-refractivity contribution in [1.29, 1.82) is 0 Å². The molecular formula is C29H45N5O4. The molecule has 210 valence electrons. The Hall–Kier alpha value is -2.49. The quantitative estimate of drug-likeness (QED) is 0.452. The summed E-state index contributed by atoms with van der Waals surface area (Å²) in [6.45, 7) is 3.13. The topological polar surface area (TPSA) is 103 Å². The number of likely N-dealkylation sites (N-methyl/N-ethyl adjacent to an activating group) is 2. The Morgan fingerprint density at radius 3 is 2.61 bits per heavy atom. The van der Waals surface area contributed by atoms with E-state index in [2.05, 4.69) is 33.0 Å². The molecule has 0 radical (unpaired) electrons. The molecule has 0 unspecified atom stereocenters. The minimum absolute atomic E-state index is 0.0294. The molecule has 2 fully saturated rings. The molecule has 3 amide bonds. The molecule has 9 nitrogen and oxygen atoms in total. The number of nitrogens with one attached hydrogen (secondary N) is 3. The largest absolute Gasteiger partial charge is 0.377 e. The maximum atomic E-state index is 14.0. The summed E-state index contributed by atoms with van der Waals surface area (Å²) in [7, 11) is 5.72. The van der Waals surface area contributed by atoms with Gasteiger partial charge in [-0.2, -0.15) is 0 Å². The number of carbonyl (C=O) groups is 3. The van der Waals surface area contributed by atoms with Crippen molar-refractivity contribution in [2.24, 2.45) is 0 Å². The smallest absolute Gasteiger partial charge is 0.246 e. The van der Waals surface area contributed by atoms with Crippen molar-refractivity contribution in [2.45, 2.75) is 94.6 Å². The van der Waals surface area contributed by atoms with Gasteiger partial charge in [-0.05, 0) is 84.1 Å². The number of fused-ring (bicyclic) bond motifs is 2. The zero-order valence-corrected chi connectivity index (χ0v) is 23.4. The van der Waals surface area contributed by atoms with E-state index < -0.39 is 18.1 Å². The van der Waals surface area contributed by atoms with Gasteiger partial charge in [0.05, 0.1) is 24.8 Å². The van der Waals surface area contributed by atoms with Crippen LogP contribution in [0.3, 0.4) is 0 Å². The first-order chi connectivity index (χ1) is 18.3. The fourth-order valence-corrected chi connectivity index (χ4v) is 6.07. The van der Waals surface area contributed by atoms with Crippen molar-refractivity contribution in [2.75, 3.05) is 34.3 Å². The van der Waals surface area contributed by atoms with Gasteiger partial charge in [0.25, 0.3) is 0 Å². The number of rotatable bonds is 9. The summed E-state index contributed by atoms with van der Waals surface area (Å²) in [4.78, 5) is 44.3. The van der Waals surface area contributed by atoms with Crippen molar-refractivity contribution in [3.63, 3.8) is 0 Å². The second-order valence-corrected chi connectivity index (χ2v) is 11.3. The fraction of sp³-hybridized carbons (Fsp3) is 0.690. The van der Waals surface area contributed by atoms with Gasteiger partial charge in [0.15, 0.2) is 0 Å². The number of hydrogen-bond donors (Lipinski definition) is 3. The molecule has 38 heavy (non-hydrogen) atoms. The standard InChI is InChI=1S/C29H45N5O4/c1-19(30-2)27(35)32-25-18-22(38-17-16-33(3)4)14-12-21-13-15-26(34(21)29(25)37)28(36)31-24-11-7-9-20-8-5-6-10-23(20)24/h5-6,8,10,19,21-22,24-26,30H,7,9,11-18H2,1-4H3,(H,31,36)(H,32,35)/t19-,21-,22+,24+,25-,26-/m0/s1. The Morgan fingerprint density at radius 2 is 1.84 bits per heavy atom. The number of nitrogens with zero attached hydrogens (tertiary/aromatic N) is 2. The maximum absolute atomic E-state index is 14.0. The van der Waals surface area contributed by atoms with E-state index in [9.17, 15) is 14.4 Å². The summed E-state index contributed by atoms with van der Waals surface area (Å²) in [5.74, 6) is -0.487. The molecule has 4 rings (SSSR count). The average molecular weight is 528 g/mol. The average Bonchev–Trinajstić information content (AvgIpc) is 3.33. The molecule has 9 heteroatoms. The Balaban J connectivity index is 1.50. The van der Waals surface area contributed by atoms with Crippen LogP contribution < -0.4 is 16.0 Å². The maximum Gasteiger partial charge on any atom is 0.246 e. The minimum atomic E-state index is -0.728. The van der Waals surface area contributed by atoms with E-state index in [1.807, 2.05) is 26.2 Å². The molecule has 6 atom stereocenters. The summed E-state index contributed by atoms with van der Waals surface area (Å²) in [5.41, 5.74) is 2.47. The van der Waals surface area contributed by atoms with Gasteiger partial charge in [0.2, 0.25) is 17.7 Å². The molecule has 2 aliphatic heterocycles. The predicted octanol–water partition coefficient (Wildman–Crippen LogP) is 1.76. The van der Waals surface area contributed by atoms with Gasteiger partial charge in [-0.25, -0.2) is 0 Å². The highest BCUT2D eigenvalue weighted by Gasteiger charge is 2.45. The molecule has 0 aromatic heterocycles. The number of amides is 3. The van der Waals surface area contributed by atoms with Crippen LogP contribution in [0, 0.1) is 0 Å². The summed E-state index contributed by atoms with van der Waals surface area (Å²) in [5, 5.41) is 9.19. The van der Waals surface area contributed by atoms with Gasteiger partial charge in [0, 0.05) is 19.0 Å². The van der Waals surface area contributed by atoms with Gasteiger partial charge < -0.3 is 30.5 Å². The van der Waals surface area contributed by atoms with Crippen LogP contribution in [0.4, 0.5) is 0 Å². The first-order valence-electron chi connectivity index (χ1n) is 14.2. The number of ether oxygens (including phenoxy) is 1. The summed E-state index contributed by atoms with van der Waals surface area (Å²) in [6.07, 6.45) is 6.25. The minimum Gasteiger partial charge on any atom is -0.377 e. The van der Waals surface area contributed by atoms with E-state index in [1.54, 1.807) is 18.9 Å². The zero-order valence-electron chi connectivity index (χ0n) is 23.4. The highest BCUT2D eigenvalue weighted by Crippen LogP contribution is 2.34. The monoisotopic (exact) mass is 527 g/mol. The Kier molecular flexibility index (Phi) is 9.79. The van der Waals surface area contributed by atoms with Gasteiger partial charge in [-0.15, -0.1) is 0 Å². The molecule has 1 aromatic carbocycles. The van der Waals surface area contributed by atoms with E-state index in [4.69, 9.17) is 4.74 Å². The Labute approximate surface area is 227 Å². The number of carbonyl (C=O) groups excluding carboxylic acids is 3. The van der Waals surface area contributed by atoms with Crippen LogP contribution in [0.5, 0.6) is 0 Å². The number of hydrogen-bond acceptors (Lipinski definition) is 6. The lowest BCUT2D eigenvalue weighted by atomic mass is 9.87. The van der Waals surface area contributed by atoms with E-state index in [0.29, 0.717) is 19.4 Å². The van der Waals surface area contributed by atoms with Crippen LogP contribution in [-0.4, -0.2) is 92.1 Å². The number of benzene rings is 1. The third-order valence-electron chi connectivity index (χ3n) is 8.40. The highest BCUT2D eigenvalue weighted by molar-refractivity contribution is 5.94. The highest BCUT2D eigenvalue weighted by atomic mass is 16.5. The third kappa shape index (κ3) is 6.74. The second kappa shape index (κ2) is 13.0. The van der Waals surface area contributed by atoms with Crippen LogP contribution in [0.2, 0.25) is 0 Å². The molecule has 3 aliphatic rings. The predicted molar refractivity (Wildman–Crippen MR) is 147 cm³/mol. The van der Waals surface area contributed by atoms with E-state index in [0.717, 1.165) is 45.1 Å². The van der Waals surface area contributed by atoms with Crippen LogP contribution in [-0.2, 0) is 25.5 Å². The van der Waals surface area contributed by atoms with Crippen molar-refractivity contribution in [1.82, 2.24) is 25.8 Å². The molecule has 0 spiro atoms. The van der Waals surface area contributed by atoms with Gasteiger partial charge in [-0.1, -0.05) is 24.3 Å². The fourth-order valence-electron chi connectivity index (χ4n) is 6.07. The zero-order chi connectivity index (χ0) is 27.2. The van der Waals surface area contributed by atoms with Gasteiger partial charge in [-0.3, -0.25) is 14.4 Å². The van der Waals surface area contributed by atoms with Gasteiger partial charge in [0.1, 0.15) is 12.1 Å². The molecule has 1 aromatic rings. The summed E-state index contributed by atoms with van der Waals surface area (Å²) in [6, 6.07) is 6.57. The molecule has 0 bridgehead atoms. The van der Waals surface area contributed by atoms with Crippen LogP contribution >= 0.6 is 0 Å². The normalized spacial score (nSPS) is 28.2. The van der Waals surface area contributed by atoms with Crippen LogP contribution in [0.15, 0.2) is 24.3 Å². The summed E-state index contributed by atoms with van der Waals surface area (Å²) < 4.78 is 6.17. The first kappa shape index (κ1) is 28.5. The van der Waals surface area contributed by atoms with Crippen molar-refractivity contribution in [3.8, 4) is 0 Å². The SMILES string of the molecule is CN[C@@H](C)C(=O)N[C@H]1C[C@H](OCCN(C)C)CC[C@H]2CC[C@@H](C(=O)N[C@@H]3CCCc4ccccc43)N2C1=O. The van der Waals surface area contributed by atoms with Crippen LogP contribution in [0.25, 0.3) is 0 Å². The lowest BCUT2D eigenvalue weighted by Crippen LogP contribution is -2.59. The molecule has 0 saturated carbocycles. The van der Waals surface area contributed by atoms with E-state index in [1.165, 1.54) is 11.1 Å². The lowest BCUT2D eigenvalue weighted by Gasteiger charge is -2.38. The van der Waals surface area contributed by atoms with Crippen molar-refractivity contribution in [3.05, 3.63) is 35.4 Å². The first-order valence-corrected chi connectivity index (χ1v) is 14.2. The lowest BCUT2D eigenvalue weighted by molar-refractivity contribution is -0.146. The van der Waals surface area contributed by atoms with E-state index >= 15 is 0 Å². The Bertz CT molecular complexity index is 985. The summed E-state index contributed by atoms with van der Waals surface area (Å²) >= 11 is 0. The second-order valence-electron chi connectivity index (χ2n) is 11.3. The van der Waals surface area contributed by atoms with Crippen molar-refractivity contribution < 1.29 is 19.1 Å². The van der Waals surface area contributed by atoms with Gasteiger partial charge >= 0.3 is 0 Å². The molecule has 2 saturated heterocycles. The van der Waals surface area contributed by atoms with E-state index in [-0.39, 0.29) is 35.9 Å². The van der Waals surface area contributed by atoms with Crippen LogP contribution in [0.1, 0.15) is 69.0 Å². The molecular weight excluding hydrogens is 482 g/mol. The third-order valence-corrected chi connectivity index (χ3v) is 8.40.